The number of aliphatic carboxylic acids is 1. The van der Waals surface area contributed by atoms with Gasteiger partial charge in [0.2, 0.25) is 12.7 Å². The molecule has 0 saturated carbocycles. The van der Waals surface area contributed by atoms with Crippen LogP contribution in [0.15, 0.2) is 36.4 Å². The molecule has 9 nitrogen and oxygen atoms in total. The number of rotatable bonds is 14. The summed E-state index contributed by atoms with van der Waals surface area (Å²) in [6.45, 7) is 6.09. The molecule has 0 radical (unpaired) electrons. The number of carbonyl (C=O) groups excluding carboxylic acids is 1. The van der Waals surface area contributed by atoms with E-state index >= 15 is 0 Å². The molecule has 1 unspecified atom stereocenters. The average molecular weight is 580 g/mol. The second kappa shape index (κ2) is 13.8. The predicted molar refractivity (Wildman–Crippen MR) is 160 cm³/mol. The first kappa shape index (κ1) is 30.2. The average Bonchev–Trinajstić information content (AvgIpc) is 3.71. The van der Waals surface area contributed by atoms with Crippen molar-refractivity contribution in [3.63, 3.8) is 0 Å². The van der Waals surface area contributed by atoms with E-state index < -0.39 is 11.9 Å². The van der Waals surface area contributed by atoms with Gasteiger partial charge in [0.15, 0.2) is 11.5 Å². The van der Waals surface area contributed by atoms with Crippen LogP contribution < -0.4 is 14.2 Å². The normalized spacial score (nSPS) is 21.0. The molecule has 42 heavy (non-hydrogen) atoms. The number of benzene rings is 2. The molecule has 9 heteroatoms. The first-order chi connectivity index (χ1) is 20.4. The zero-order chi connectivity index (χ0) is 29.6. The largest absolute Gasteiger partial charge is 0.493 e. The van der Waals surface area contributed by atoms with Crippen molar-refractivity contribution >= 4 is 11.9 Å². The lowest BCUT2D eigenvalue weighted by atomic mass is 9.83. The number of likely N-dealkylation sites (tertiary alicyclic amines) is 1. The molecular formula is C33H45N3O6. The molecule has 1 amide bonds. The Bertz CT molecular complexity index is 1250. The van der Waals surface area contributed by atoms with Gasteiger partial charge >= 0.3 is 5.97 Å². The number of hydrogen-bond donors (Lipinski definition) is 1. The molecule has 0 bridgehead atoms. The van der Waals surface area contributed by atoms with Gasteiger partial charge in [-0.25, -0.2) is 0 Å². The molecule has 1 fully saturated rings. The molecule has 3 aliphatic heterocycles. The van der Waals surface area contributed by atoms with E-state index in [1.807, 2.05) is 49.3 Å². The smallest absolute Gasteiger partial charge is 0.308 e. The summed E-state index contributed by atoms with van der Waals surface area (Å²) >= 11 is 0. The summed E-state index contributed by atoms with van der Waals surface area (Å²) in [6.07, 6.45) is 4.95. The van der Waals surface area contributed by atoms with E-state index in [0.717, 1.165) is 72.7 Å². The number of hydrogen-bond acceptors (Lipinski definition) is 7. The van der Waals surface area contributed by atoms with Crippen molar-refractivity contribution in [3.05, 3.63) is 53.1 Å². The Kier molecular flexibility index (Phi) is 9.90. The van der Waals surface area contributed by atoms with Gasteiger partial charge in [-0.1, -0.05) is 37.6 Å². The molecule has 0 aromatic heterocycles. The maximum atomic E-state index is 13.8. The van der Waals surface area contributed by atoms with Crippen molar-refractivity contribution < 1.29 is 28.9 Å². The van der Waals surface area contributed by atoms with Gasteiger partial charge in [-0.2, -0.15) is 0 Å². The number of para-hydroxylation sites is 1. The number of carboxylic acids is 1. The standard InChI is InChI=1S/C33H45N3O6/c1-4-5-16-35(17-7-15-34(2)3)30(37)21-36-20-26(24-11-13-28-25(19-24)14-18-40-28)31(33(38)39)27(36)12-10-23-8-6-9-29-32(23)42-22-41-29/h6,8-9,11,13,19,26-27,31H,4-5,7,10,12,14-18,20-22H2,1-3H3,(H,38,39)/t26-,27+,31?/m1/s1. The van der Waals surface area contributed by atoms with Gasteiger partial charge in [-0.05, 0) is 75.1 Å². The van der Waals surface area contributed by atoms with Crippen LogP contribution in [-0.2, 0) is 22.4 Å². The summed E-state index contributed by atoms with van der Waals surface area (Å²) in [4.78, 5) is 33.0. The highest BCUT2D eigenvalue weighted by Crippen LogP contribution is 2.42. The Balaban J connectivity index is 1.39. The number of nitrogens with zero attached hydrogens (tertiary/aromatic N) is 3. The molecule has 1 saturated heterocycles. The number of carboxylic acid groups (broad SMARTS) is 1. The summed E-state index contributed by atoms with van der Waals surface area (Å²) in [7, 11) is 4.09. The first-order valence-corrected chi connectivity index (χ1v) is 15.4. The van der Waals surface area contributed by atoms with E-state index in [1.165, 1.54) is 0 Å². The van der Waals surface area contributed by atoms with Gasteiger partial charge in [-0.3, -0.25) is 14.5 Å². The Hall–Kier alpha value is -3.30. The van der Waals surface area contributed by atoms with Gasteiger partial charge < -0.3 is 29.1 Å². The van der Waals surface area contributed by atoms with Crippen LogP contribution in [-0.4, -0.2) is 97.9 Å². The number of carbonyl (C=O) groups is 2. The minimum atomic E-state index is -0.816. The van der Waals surface area contributed by atoms with Crippen molar-refractivity contribution in [2.45, 2.75) is 57.4 Å². The number of aryl methyl sites for hydroxylation is 1. The van der Waals surface area contributed by atoms with Gasteiger partial charge in [0.25, 0.3) is 0 Å². The predicted octanol–water partition coefficient (Wildman–Crippen LogP) is 4.03. The Morgan fingerprint density at radius 1 is 1.02 bits per heavy atom. The minimum absolute atomic E-state index is 0.0803. The molecule has 2 aromatic rings. The number of unbranched alkanes of at least 4 members (excludes halogenated alkanes) is 1. The fourth-order valence-corrected chi connectivity index (χ4v) is 6.68. The Labute approximate surface area is 249 Å². The topological polar surface area (TPSA) is 91.8 Å². The highest BCUT2D eigenvalue weighted by atomic mass is 16.7. The van der Waals surface area contributed by atoms with Crippen LogP contribution in [0, 0.1) is 5.92 Å². The lowest BCUT2D eigenvalue weighted by Crippen LogP contribution is -2.45. The lowest BCUT2D eigenvalue weighted by molar-refractivity contribution is -0.143. The molecule has 228 valence electrons. The van der Waals surface area contributed by atoms with Crippen LogP contribution in [0.25, 0.3) is 0 Å². The van der Waals surface area contributed by atoms with E-state index in [1.54, 1.807) is 0 Å². The van der Waals surface area contributed by atoms with Crippen LogP contribution in [0.4, 0.5) is 0 Å². The van der Waals surface area contributed by atoms with Crippen LogP contribution in [0.5, 0.6) is 17.2 Å². The molecule has 1 N–H and O–H groups in total. The number of amides is 1. The fourth-order valence-electron chi connectivity index (χ4n) is 6.68. The highest BCUT2D eigenvalue weighted by molar-refractivity contribution is 5.79. The molecular weight excluding hydrogens is 534 g/mol. The molecule has 2 aromatic carbocycles. The van der Waals surface area contributed by atoms with E-state index in [-0.39, 0.29) is 31.2 Å². The van der Waals surface area contributed by atoms with Crippen LogP contribution in [0.2, 0.25) is 0 Å². The number of fused-ring (bicyclic) bond motifs is 2. The van der Waals surface area contributed by atoms with Crippen molar-refractivity contribution in [1.29, 1.82) is 0 Å². The van der Waals surface area contributed by atoms with Crippen molar-refractivity contribution in [2.24, 2.45) is 5.92 Å². The Morgan fingerprint density at radius 2 is 1.86 bits per heavy atom. The molecule has 0 spiro atoms. The van der Waals surface area contributed by atoms with Gasteiger partial charge in [0.1, 0.15) is 5.75 Å². The second-order valence-corrected chi connectivity index (χ2v) is 12.0. The lowest BCUT2D eigenvalue weighted by Gasteiger charge is -2.30. The van der Waals surface area contributed by atoms with Crippen molar-refractivity contribution in [1.82, 2.24) is 14.7 Å². The fraction of sp³-hybridized carbons (Fsp3) is 0.576. The molecule has 3 aliphatic rings. The monoisotopic (exact) mass is 579 g/mol. The summed E-state index contributed by atoms with van der Waals surface area (Å²) in [5.74, 6) is 0.766. The van der Waals surface area contributed by atoms with Crippen molar-refractivity contribution in [2.75, 3.05) is 60.2 Å². The SMILES string of the molecule is CCCCN(CCCN(C)C)C(=O)CN1C[C@H](c2ccc3c(c2)CCO3)C(C(=O)O)[C@@H]1CCc1cccc2c1OCO2. The maximum absolute atomic E-state index is 13.8. The zero-order valence-corrected chi connectivity index (χ0v) is 25.2. The molecule has 3 heterocycles. The van der Waals surface area contributed by atoms with Crippen LogP contribution in [0.3, 0.4) is 0 Å². The quantitative estimate of drug-likeness (QED) is 0.359. The van der Waals surface area contributed by atoms with E-state index in [2.05, 4.69) is 22.8 Å². The van der Waals surface area contributed by atoms with Crippen LogP contribution >= 0.6 is 0 Å². The van der Waals surface area contributed by atoms with E-state index in [4.69, 9.17) is 14.2 Å². The first-order valence-electron chi connectivity index (χ1n) is 15.4. The molecule has 0 aliphatic carbocycles. The highest BCUT2D eigenvalue weighted by Gasteiger charge is 2.47. The Morgan fingerprint density at radius 3 is 2.64 bits per heavy atom. The summed E-state index contributed by atoms with van der Waals surface area (Å²) < 4.78 is 17.0. The summed E-state index contributed by atoms with van der Waals surface area (Å²) in [6, 6.07) is 11.7. The molecule has 5 rings (SSSR count). The van der Waals surface area contributed by atoms with Gasteiger partial charge in [0, 0.05) is 38.0 Å². The minimum Gasteiger partial charge on any atom is -0.493 e. The van der Waals surface area contributed by atoms with Crippen LogP contribution in [0.1, 0.15) is 55.2 Å². The van der Waals surface area contributed by atoms with Gasteiger partial charge in [-0.15, -0.1) is 0 Å². The summed E-state index contributed by atoms with van der Waals surface area (Å²) in [5, 5.41) is 10.6. The van der Waals surface area contributed by atoms with E-state index in [0.29, 0.717) is 32.5 Å². The maximum Gasteiger partial charge on any atom is 0.308 e. The third-order valence-electron chi connectivity index (χ3n) is 8.87. The van der Waals surface area contributed by atoms with Crippen molar-refractivity contribution in [3.8, 4) is 17.2 Å². The summed E-state index contributed by atoms with van der Waals surface area (Å²) in [5.41, 5.74) is 3.15. The second-order valence-electron chi connectivity index (χ2n) is 12.0. The van der Waals surface area contributed by atoms with E-state index in [9.17, 15) is 14.7 Å². The zero-order valence-electron chi connectivity index (χ0n) is 25.2. The third kappa shape index (κ3) is 6.84. The number of ether oxygens (including phenoxy) is 3. The van der Waals surface area contributed by atoms with Gasteiger partial charge in [0.05, 0.1) is 19.1 Å². The molecule has 3 atom stereocenters. The third-order valence-corrected chi connectivity index (χ3v) is 8.87.